The van der Waals surface area contributed by atoms with Crippen molar-refractivity contribution in [1.82, 2.24) is 9.80 Å². The van der Waals surface area contributed by atoms with Crippen LogP contribution in [0.2, 0.25) is 0 Å². The Morgan fingerprint density at radius 3 is 2.14 bits per heavy atom. The molecule has 2 unspecified atom stereocenters. The highest BCUT2D eigenvalue weighted by Crippen LogP contribution is 2.31. The first-order chi connectivity index (χ1) is 13.8. The van der Waals surface area contributed by atoms with Gasteiger partial charge in [-0.2, -0.15) is 0 Å². The van der Waals surface area contributed by atoms with Gasteiger partial charge in [0, 0.05) is 38.1 Å². The van der Waals surface area contributed by atoms with Gasteiger partial charge in [-0.15, -0.1) is 0 Å². The summed E-state index contributed by atoms with van der Waals surface area (Å²) in [6, 6.07) is 22.4. The summed E-state index contributed by atoms with van der Waals surface area (Å²) >= 11 is 0. The number of hydrogen-bond acceptors (Lipinski definition) is 2. The van der Waals surface area contributed by atoms with Crippen LogP contribution in [-0.4, -0.2) is 47.4 Å². The van der Waals surface area contributed by atoms with Crippen molar-refractivity contribution in [1.29, 1.82) is 0 Å². The molecular weight excluding hydrogens is 344 g/mol. The molecule has 0 saturated carbocycles. The summed E-state index contributed by atoms with van der Waals surface area (Å²) in [5.41, 5.74) is 3.82. The van der Waals surface area contributed by atoms with E-state index in [1.807, 2.05) is 6.92 Å². The van der Waals surface area contributed by atoms with Crippen molar-refractivity contribution in [2.75, 3.05) is 19.6 Å². The fraction of sp³-hybridized carbons (Fsp3) is 0.400. The van der Waals surface area contributed by atoms with Crippen LogP contribution in [0.4, 0.5) is 0 Å². The topological polar surface area (TPSA) is 23.6 Å². The summed E-state index contributed by atoms with van der Waals surface area (Å²) in [5, 5.41) is 0. The molecule has 0 spiro atoms. The molecule has 2 aromatic carbocycles. The van der Waals surface area contributed by atoms with E-state index < -0.39 is 0 Å². The molecule has 0 aliphatic carbocycles. The third-order valence-electron chi connectivity index (χ3n) is 6.27. The molecule has 3 nitrogen and oxygen atoms in total. The highest BCUT2D eigenvalue weighted by atomic mass is 16.2. The predicted octanol–water partition coefficient (Wildman–Crippen LogP) is 4.59. The lowest BCUT2D eigenvalue weighted by Gasteiger charge is -2.28. The Hall–Kier alpha value is -2.39. The zero-order chi connectivity index (χ0) is 19.3. The quantitative estimate of drug-likeness (QED) is 0.764. The van der Waals surface area contributed by atoms with Crippen LogP contribution in [0.25, 0.3) is 5.57 Å². The SMILES string of the molecule is CCC(=O)N1CCC2CCC(C1)N2CC=C(c1ccccc1)c1ccccc1. The Morgan fingerprint density at radius 2 is 1.54 bits per heavy atom. The Labute approximate surface area is 168 Å². The maximum Gasteiger partial charge on any atom is 0.222 e. The maximum absolute atomic E-state index is 12.2. The second-order valence-corrected chi connectivity index (χ2v) is 7.91. The number of benzene rings is 2. The van der Waals surface area contributed by atoms with E-state index in [1.165, 1.54) is 29.5 Å². The molecule has 2 bridgehead atoms. The first kappa shape index (κ1) is 18.9. The molecule has 3 heteroatoms. The van der Waals surface area contributed by atoms with Gasteiger partial charge in [-0.25, -0.2) is 0 Å². The lowest BCUT2D eigenvalue weighted by atomic mass is 9.97. The zero-order valence-corrected chi connectivity index (χ0v) is 16.8. The lowest BCUT2D eigenvalue weighted by Crippen LogP contribution is -2.41. The molecular formula is C25H30N2O. The van der Waals surface area contributed by atoms with Gasteiger partial charge in [0.2, 0.25) is 5.91 Å². The molecule has 0 N–H and O–H groups in total. The minimum atomic E-state index is 0.303. The number of likely N-dealkylation sites (tertiary alicyclic amines) is 1. The van der Waals surface area contributed by atoms with Crippen molar-refractivity contribution in [3.63, 3.8) is 0 Å². The van der Waals surface area contributed by atoms with Crippen LogP contribution in [0, 0.1) is 0 Å². The molecule has 2 fully saturated rings. The van der Waals surface area contributed by atoms with E-state index in [0.717, 1.165) is 26.1 Å². The molecule has 2 aliphatic heterocycles. The largest absolute Gasteiger partial charge is 0.341 e. The Morgan fingerprint density at radius 1 is 0.929 bits per heavy atom. The fourth-order valence-corrected chi connectivity index (χ4v) is 4.75. The minimum absolute atomic E-state index is 0.303. The van der Waals surface area contributed by atoms with E-state index in [-0.39, 0.29) is 0 Å². The first-order valence-corrected chi connectivity index (χ1v) is 10.6. The Balaban J connectivity index is 1.58. The minimum Gasteiger partial charge on any atom is -0.341 e. The molecule has 2 aliphatic rings. The summed E-state index contributed by atoms with van der Waals surface area (Å²) in [7, 11) is 0. The molecule has 2 heterocycles. The fourth-order valence-electron chi connectivity index (χ4n) is 4.75. The smallest absolute Gasteiger partial charge is 0.222 e. The summed E-state index contributed by atoms with van der Waals surface area (Å²) < 4.78 is 0. The van der Waals surface area contributed by atoms with Gasteiger partial charge in [0.15, 0.2) is 0 Å². The van der Waals surface area contributed by atoms with E-state index in [0.29, 0.717) is 24.4 Å². The summed E-state index contributed by atoms with van der Waals surface area (Å²) in [5.74, 6) is 0.303. The van der Waals surface area contributed by atoms with Crippen LogP contribution >= 0.6 is 0 Å². The zero-order valence-electron chi connectivity index (χ0n) is 16.8. The number of fused-ring (bicyclic) bond motifs is 2. The van der Waals surface area contributed by atoms with Crippen molar-refractivity contribution in [3.05, 3.63) is 77.9 Å². The Kier molecular flexibility index (Phi) is 5.92. The van der Waals surface area contributed by atoms with Crippen molar-refractivity contribution < 1.29 is 4.79 Å². The lowest BCUT2D eigenvalue weighted by molar-refractivity contribution is -0.131. The second-order valence-electron chi connectivity index (χ2n) is 7.91. The molecule has 0 aromatic heterocycles. The number of nitrogens with zero attached hydrogens (tertiary/aromatic N) is 2. The van der Waals surface area contributed by atoms with E-state index >= 15 is 0 Å². The standard InChI is InChI=1S/C25H30N2O/c1-2-25(28)26-17-15-22-13-14-23(19-26)27(22)18-16-24(20-9-5-3-6-10-20)21-11-7-4-8-12-21/h3-12,16,22-23H,2,13-15,17-19H2,1H3. The van der Waals surface area contributed by atoms with Crippen LogP contribution < -0.4 is 0 Å². The van der Waals surface area contributed by atoms with Gasteiger partial charge in [0.25, 0.3) is 0 Å². The highest BCUT2D eigenvalue weighted by molar-refractivity contribution is 5.79. The van der Waals surface area contributed by atoms with E-state index in [1.54, 1.807) is 0 Å². The molecule has 0 radical (unpaired) electrons. The number of rotatable bonds is 5. The van der Waals surface area contributed by atoms with Gasteiger partial charge in [-0.3, -0.25) is 9.69 Å². The summed E-state index contributed by atoms with van der Waals surface area (Å²) in [6.07, 6.45) is 6.58. The van der Waals surface area contributed by atoms with Crippen molar-refractivity contribution in [3.8, 4) is 0 Å². The third kappa shape index (κ3) is 4.05. The van der Waals surface area contributed by atoms with Crippen LogP contribution in [0.15, 0.2) is 66.7 Å². The van der Waals surface area contributed by atoms with Gasteiger partial charge in [0.05, 0.1) is 0 Å². The second kappa shape index (κ2) is 8.74. The Bertz CT molecular complexity index is 773. The molecule has 1 amide bonds. The molecule has 2 saturated heterocycles. The van der Waals surface area contributed by atoms with Gasteiger partial charge in [0.1, 0.15) is 0 Å². The highest BCUT2D eigenvalue weighted by Gasteiger charge is 2.37. The van der Waals surface area contributed by atoms with Crippen LogP contribution in [0.5, 0.6) is 0 Å². The van der Waals surface area contributed by atoms with Gasteiger partial charge < -0.3 is 4.90 Å². The average molecular weight is 375 g/mol. The summed E-state index contributed by atoms with van der Waals surface area (Å²) in [4.78, 5) is 17.0. The van der Waals surface area contributed by atoms with E-state index in [9.17, 15) is 4.79 Å². The molecule has 146 valence electrons. The number of amides is 1. The van der Waals surface area contributed by atoms with Gasteiger partial charge in [-0.05, 0) is 36.0 Å². The number of carbonyl (C=O) groups excluding carboxylic acids is 1. The average Bonchev–Trinajstić information content (AvgIpc) is 3.02. The van der Waals surface area contributed by atoms with Gasteiger partial charge in [-0.1, -0.05) is 73.7 Å². The van der Waals surface area contributed by atoms with Crippen LogP contribution in [0.3, 0.4) is 0 Å². The molecule has 28 heavy (non-hydrogen) atoms. The number of carbonyl (C=O) groups is 1. The monoisotopic (exact) mass is 374 g/mol. The molecule has 4 rings (SSSR count). The van der Waals surface area contributed by atoms with Crippen molar-refractivity contribution >= 4 is 11.5 Å². The molecule has 2 atom stereocenters. The van der Waals surface area contributed by atoms with Crippen LogP contribution in [0.1, 0.15) is 43.7 Å². The first-order valence-electron chi connectivity index (χ1n) is 10.6. The van der Waals surface area contributed by atoms with E-state index in [4.69, 9.17) is 0 Å². The number of hydrogen-bond donors (Lipinski definition) is 0. The maximum atomic E-state index is 12.2. The third-order valence-corrected chi connectivity index (χ3v) is 6.27. The summed E-state index contributed by atoms with van der Waals surface area (Å²) in [6.45, 7) is 4.72. The predicted molar refractivity (Wildman–Crippen MR) is 115 cm³/mol. The van der Waals surface area contributed by atoms with Crippen molar-refractivity contribution in [2.24, 2.45) is 0 Å². The van der Waals surface area contributed by atoms with E-state index in [2.05, 4.69) is 76.5 Å². The van der Waals surface area contributed by atoms with Gasteiger partial charge >= 0.3 is 0 Å². The van der Waals surface area contributed by atoms with Crippen molar-refractivity contribution in [2.45, 2.75) is 44.7 Å². The molecule has 2 aromatic rings. The normalized spacial score (nSPS) is 22.0. The van der Waals surface area contributed by atoms with Crippen LogP contribution in [-0.2, 0) is 4.79 Å².